The zero-order valence-corrected chi connectivity index (χ0v) is 32.0. The molecule has 52 heavy (non-hydrogen) atoms. The van der Waals surface area contributed by atoms with Crippen LogP contribution in [0.25, 0.3) is 0 Å². The first-order chi connectivity index (χ1) is 24.7. The zero-order chi connectivity index (χ0) is 37.0. The van der Waals surface area contributed by atoms with E-state index in [1.165, 1.54) is 19.3 Å². The van der Waals surface area contributed by atoms with E-state index in [4.69, 9.17) is 10.5 Å². The van der Waals surface area contributed by atoms with Gasteiger partial charge in [-0.05, 0) is 148 Å². The van der Waals surface area contributed by atoms with Crippen molar-refractivity contribution in [2.45, 2.75) is 172 Å². The van der Waals surface area contributed by atoms with Crippen molar-refractivity contribution in [2.75, 3.05) is 0 Å². The van der Waals surface area contributed by atoms with Crippen LogP contribution in [0, 0.1) is 52.3 Å². The number of hydrogen-bond donors (Lipinski definition) is 7. The molecule has 8 rings (SSSR count). The number of carbonyl (C=O) groups excluding carboxylic acids is 1. The van der Waals surface area contributed by atoms with Gasteiger partial charge in [-0.25, -0.2) is 0 Å². The molecular weight excluding hydrogens is 656 g/mol. The average Bonchev–Trinajstić information content (AvgIpc) is 3.45. The van der Waals surface area contributed by atoms with E-state index in [1.807, 2.05) is 18.4 Å². The number of aliphatic hydroxyl groups excluding tert-OH is 3. The van der Waals surface area contributed by atoms with Crippen molar-refractivity contribution in [3.8, 4) is 0 Å². The molecule has 0 bridgehead atoms. The molecule has 0 amide bonds. The van der Waals surface area contributed by atoms with Crippen molar-refractivity contribution >= 4 is 5.78 Å². The standard InChI is InChI=1S/C43H66N2O7/c1-5-6-24-7-11-27-23(2)38(52-33(27)13-8-24)39(49)41(4,50)34-19-26-10-12-28-36-29(16-17-40(34,3)43(26,36)51)42(18-15-25-9-14-35(44)45-22-25)21-32(47)31(46)20-30(42)37(28)48/h9,14,22-24,26-27,29-35,38-39,45-47,49-51H,5-8,10-13,15-21,44H2,1-4H3/t23-,24+,26+,27-,29-,30-,31+,32-,33+,34-,35?,38+,39+,40+,41+,42+,43+/m0/s1. The highest BCUT2D eigenvalue weighted by molar-refractivity contribution is 6.00. The number of allylic oxidation sites excluding steroid dienone is 3. The van der Waals surface area contributed by atoms with Crippen LogP contribution in [0.1, 0.15) is 124 Å². The summed E-state index contributed by atoms with van der Waals surface area (Å²) in [5.74, 6) is 0.185. The van der Waals surface area contributed by atoms with Crippen LogP contribution in [0.2, 0.25) is 0 Å². The van der Waals surface area contributed by atoms with Crippen molar-refractivity contribution in [3.63, 3.8) is 0 Å². The molecule has 2 heterocycles. The summed E-state index contributed by atoms with van der Waals surface area (Å²) in [7, 11) is 0. The van der Waals surface area contributed by atoms with Crippen molar-refractivity contribution in [1.82, 2.24) is 5.32 Å². The Morgan fingerprint density at radius 1 is 1.10 bits per heavy atom. The van der Waals surface area contributed by atoms with Crippen molar-refractivity contribution in [1.29, 1.82) is 0 Å². The maximum Gasteiger partial charge on any atom is 0.162 e. The molecule has 2 aliphatic heterocycles. The summed E-state index contributed by atoms with van der Waals surface area (Å²) < 4.78 is 6.73. The van der Waals surface area contributed by atoms with E-state index in [2.05, 4.69) is 26.1 Å². The van der Waals surface area contributed by atoms with E-state index in [0.717, 1.165) is 48.3 Å². The van der Waals surface area contributed by atoms with Gasteiger partial charge in [0.1, 0.15) is 6.10 Å². The largest absolute Gasteiger partial charge is 0.390 e. The molecule has 1 unspecified atom stereocenters. The van der Waals surface area contributed by atoms with E-state index in [1.54, 1.807) is 6.92 Å². The number of dihydropyridines is 1. The third-order valence-electron chi connectivity index (χ3n) is 17.0. The van der Waals surface area contributed by atoms with Crippen molar-refractivity contribution in [3.05, 3.63) is 35.1 Å². The highest BCUT2D eigenvalue weighted by Gasteiger charge is 2.75. The zero-order valence-electron chi connectivity index (χ0n) is 32.0. The Balaban J connectivity index is 1.11. The van der Waals surface area contributed by atoms with Crippen LogP contribution in [0.4, 0.5) is 0 Å². The van der Waals surface area contributed by atoms with Gasteiger partial charge in [-0.3, -0.25) is 4.79 Å². The smallest absolute Gasteiger partial charge is 0.162 e. The minimum atomic E-state index is -1.51. The average molecular weight is 723 g/mol. The molecule has 0 aromatic heterocycles. The Hall–Kier alpha value is -1.59. The lowest BCUT2D eigenvalue weighted by Crippen LogP contribution is -2.66. The van der Waals surface area contributed by atoms with Crippen LogP contribution < -0.4 is 11.1 Å². The summed E-state index contributed by atoms with van der Waals surface area (Å²) in [4.78, 5) is 14.7. The Morgan fingerprint density at radius 2 is 1.87 bits per heavy atom. The van der Waals surface area contributed by atoms with Gasteiger partial charge in [0.15, 0.2) is 5.78 Å². The minimum Gasteiger partial charge on any atom is -0.390 e. The molecular formula is C43H66N2O7. The molecule has 5 fully saturated rings. The second kappa shape index (κ2) is 13.3. The fraction of sp³-hybridized carbons (Fsp3) is 0.837. The van der Waals surface area contributed by atoms with Crippen LogP contribution in [-0.4, -0.2) is 79.2 Å². The number of ether oxygens (including phenoxy) is 1. The predicted molar refractivity (Wildman–Crippen MR) is 198 cm³/mol. The van der Waals surface area contributed by atoms with E-state index in [0.29, 0.717) is 50.9 Å². The lowest BCUT2D eigenvalue weighted by atomic mass is 9.41. The molecule has 9 nitrogen and oxygen atoms in total. The monoisotopic (exact) mass is 722 g/mol. The summed E-state index contributed by atoms with van der Waals surface area (Å²) in [5.41, 5.74) is 4.48. The third kappa shape index (κ3) is 5.37. The number of rotatable bonds is 8. The summed E-state index contributed by atoms with van der Waals surface area (Å²) in [6, 6.07) is 0. The quantitative estimate of drug-likeness (QED) is 0.187. The molecule has 4 saturated carbocycles. The minimum absolute atomic E-state index is 0.0322. The summed E-state index contributed by atoms with van der Waals surface area (Å²) in [6.45, 7) is 8.35. The molecule has 1 saturated heterocycles. The lowest BCUT2D eigenvalue weighted by molar-refractivity contribution is -0.202. The van der Waals surface area contributed by atoms with Crippen LogP contribution in [0.3, 0.4) is 0 Å². The SMILES string of the molecule is CCC[C@@H]1CC[C@H]2[C@H](C)[C@H]([C@@H](O)[C@](C)(O)[C@H]3C[C@H]4CCC5=C6[C@H](CC[C@@]3(C)[C@]64O)[C@@]3(CCC4=CNC(N)C=C4)C[C@H](O)[C@H](O)C[C@H]3C5=O)O[C@@H]2CC1. The molecule has 17 atom stereocenters. The molecule has 290 valence electrons. The number of nitrogens with one attached hydrogen (secondary N) is 1. The number of hydrogen-bond acceptors (Lipinski definition) is 9. The van der Waals surface area contributed by atoms with E-state index in [9.17, 15) is 30.3 Å². The number of carbonyl (C=O) groups is 1. The van der Waals surface area contributed by atoms with E-state index < -0.39 is 58.3 Å². The Morgan fingerprint density at radius 3 is 2.60 bits per heavy atom. The number of fused-ring (bicyclic) bond motifs is 3. The Labute approximate surface area is 310 Å². The summed E-state index contributed by atoms with van der Waals surface area (Å²) in [6.07, 6.45) is 14.3. The van der Waals surface area contributed by atoms with Gasteiger partial charge < -0.3 is 41.3 Å². The van der Waals surface area contributed by atoms with E-state index >= 15 is 0 Å². The maximum absolute atomic E-state index is 14.7. The normalized spacial score (nSPS) is 50.0. The van der Waals surface area contributed by atoms with Gasteiger partial charge in [0.05, 0.1) is 41.8 Å². The fourth-order valence-electron chi connectivity index (χ4n) is 14.2. The first-order valence-corrected chi connectivity index (χ1v) is 21.0. The lowest BCUT2D eigenvalue weighted by Gasteiger charge is -2.64. The van der Waals surface area contributed by atoms with Crippen LogP contribution in [-0.2, 0) is 9.53 Å². The number of aliphatic hydroxyl groups is 5. The van der Waals surface area contributed by atoms with Gasteiger partial charge >= 0.3 is 0 Å². The highest BCUT2D eigenvalue weighted by Crippen LogP contribution is 2.74. The molecule has 0 aromatic rings. The first-order valence-electron chi connectivity index (χ1n) is 21.0. The predicted octanol–water partition coefficient (Wildman–Crippen LogP) is 4.79. The maximum atomic E-state index is 14.7. The Bertz CT molecular complexity index is 1510. The summed E-state index contributed by atoms with van der Waals surface area (Å²) >= 11 is 0. The van der Waals surface area contributed by atoms with Gasteiger partial charge in [-0.1, -0.05) is 46.1 Å². The van der Waals surface area contributed by atoms with Crippen LogP contribution >= 0.6 is 0 Å². The summed E-state index contributed by atoms with van der Waals surface area (Å²) in [5, 5.41) is 63.8. The third-order valence-corrected chi connectivity index (χ3v) is 17.0. The first kappa shape index (κ1) is 37.3. The topological polar surface area (TPSA) is 165 Å². The van der Waals surface area contributed by atoms with Crippen molar-refractivity contribution in [2.24, 2.45) is 58.0 Å². The molecule has 0 aromatic carbocycles. The molecule has 8 N–H and O–H groups in total. The van der Waals surface area contributed by atoms with E-state index in [-0.39, 0.29) is 42.2 Å². The van der Waals surface area contributed by atoms with Gasteiger partial charge in [0, 0.05) is 17.5 Å². The van der Waals surface area contributed by atoms with Gasteiger partial charge in [-0.2, -0.15) is 0 Å². The molecule has 9 heteroatoms. The van der Waals surface area contributed by atoms with Gasteiger partial charge in [0.2, 0.25) is 0 Å². The second-order valence-corrected chi connectivity index (χ2v) is 19.3. The van der Waals surface area contributed by atoms with Gasteiger partial charge in [0.25, 0.3) is 0 Å². The number of ketones is 1. The fourth-order valence-corrected chi connectivity index (χ4v) is 14.2. The molecule has 6 aliphatic carbocycles. The van der Waals surface area contributed by atoms with Crippen LogP contribution in [0.5, 0.6) is 0 Å². The number of nitrogens with two attached hydrogens (primary N) is 1. The highest BCUT2D eigenvalue weighted by atomic mass is 16.5. The Kier molecular flexibility index (Phi) is 9.53. The second-order valence-electron chi connectivity index (χ2n) is 19.3. The van der Waals surface area contributed by atoms with Crippen LogP contribution in [0.15, 0.2) is 35.1 Å². The molecule has 0 radical (unpaired) electrons. The number of Topliss-reactive ketones (excluding diaryl/α,β-unsaturated/α-hetero) is 1. The molecule has 8 aliphatic rings. The van der Waals surface area contributed by atoms with Gasteiger partial charge in [-0.15, -0.1) is 0 Å². The molecule has 0 spiro atoms. The van der Waals surface area contributed by atoms with Crippen molar-refractivity contribution < 1.29 is 35.1 Å².